The van der Waals surface area contributed by atoms with Gasteiger partial charge in [0, 0.05) is 18.7 Å². The van der Waals surface area contributed by atoms with Gasteiger partial charge in [-0.05, 0) is 31.0 Å². The van der Waals surface area contributed by atoms with Crippen LogP contribution in [0.2, 0.25) is 0 Å². The summed E-state index contributed by atoms with van der Waals surface area (Å²) in [5.74, 6) is 5.83. The second-order valence-electron chi connectivity index (χ2n) is 4.89. The Morgan fingerprint density at radius 2 is 2.20 bits per heavy atom. The molecule has 20 heavy (non-hydrogen) atoms. The maximum atomic E-state index is 12.0. The number of carbonyl (C=O) groups is 1. The van der Waals surface area contributed by atoms with E-state index in [1.165, 1.54) is 0 Å². The molecule has 2 atom stereocenters. The molecule has 4 nitrogen and oxygen atoms in total. The normalized spacial score (nSPS) is 21.1. The molecule has 3 N–H and O–H groups in total. The lowest BCUT2D eigenvalue weighted by molar-refractivity contribution is -0.126. The second kappa shape index (κ2) is 7.09. The zero-order chi connectivity index (χ0) is 14.4. The van der Waals surface area contributed by atoms with Crippen molar-refractivity contribution in [3.63, 3.8) is 0 Å². The van der Waals surface area contributed by atoms with E-state index < -0.39 is 0 Å². The van der Waals surface area contributed by atoms with Gasteiger partial charge >= 0.3 is 0 Å². The van der Waals surface area contributed by atoms with Gasteiger partial charge in [-0.2, -0.15) is 0 Å². The van der Waals surface area contributed by atoms with Crippen LogP contribution in [0.25, 0.3) is 0 Å². The van der Waals surface area contributed by atoms with Gasteiger partial charge in [0.25, 0.3) is 0 Å². The van der Waals surface area contributed by atoms with Crippen LogP contribution in [-0.4, -0.2) is 25.2 Å². The first-order valence-electron chi connectivity index (χ1n) is 6.88. The van der Waals surface area contributed by atoms with Crippen LogP contribution in [0.3, 0.4) is 0 Å². The monoisotopic (exact) mass is 272 g/mol. The number of carbonyl (C=O) groups excluding carboxylic acids is 1. The van der Waals surface area contributed by atoms with E-state index in [9.17, 15) is 4.79 Å². The highest BCUT2D eigenvalue weighted by atomic mass is 16.5. The number of nitrogens with two attached hydrogens (primary N) is 1. The van der Waals surface area contributed by atoms with E-state index >= 15 is 0 Å². The predicted octanol–water partition coefficient (Wildman–Crippen LogP) is 1.04. The molecule has 0 spiro atoms. The molecule has 1 aromatic rings. The third kappa shape index (κ3) is 3.83. The number of ether oxygens (including phenoxy) is 1. The summed E-state index contributed by atoms with van der Waals surface area (Å²) < 4.78 is 5.41. The van der Waals surface area contributed by atoms with Crippen molar-refractivity contribution in [2.75, 3.05) is 13.2 Å². The van der Waals surface area contributed by atoms with Gasteiger partial charge in [0.2, 0.25) is 5.91 Å². The van der Waals surface area contributed by atoms with Crippen LogP contribution in [0, 0.1) is 17.8 Å². The molecule has 0 bridgehead atoms. The van der Waals surface area contributed by atoms with E-state index in [0.29, 0.717) is 19.7 Å². The Morgan fingerprint density at radius 1 is 1.45 bits per heavy atom. The minimum Gasteiger partial charge on any atom is -0.378 e. The number of amides is 1. The van der Waals surface area contributed by atoms with Crippen molar-refractivity contribution in [3.8, 4) is 11.8 Å². The molecular formula is C16H20N2O2. The average molecular weight is 272 g/mol. The second-order valence-corrected chi connectivity index (χ2v) is 4.89. The van der Waals surface area contributed by atoms with E-state index in [-0.39, 0.29) is 17.9 Å². The number of nitrogens with one attached hydrogen (secondary N) is 1. The van der Waals surface area contributed by atoms with Crippen molar-refractivity contribution in [1.29, 1.82) is 0 Å². The van der Waals surface area contributed by atoms with Crippen molar-refractivity contribution in [2.45, 2.75) is 26.0 Å². The summed E-state index contributed by atoms with van der Waals surface area (Å²) >= 11 is 0. The molecule has 1 saturated heterocycles. The lowest BCUT2D eigenvalue weighted by Crippen LogP contribution is -2.33. The Labute approximate surface area is 119 Å². The molecule has 1 amide bonds. The van der Waals surface area contributed by atoms with Crippen molar-refractivity contribution in [2.24, 2.45) is 11.7 Å². The zero-order valence-corrected chi connectivity index (χ0v) is 11.7. The van der Waals surface area contributed by atoms with Gasteiger partial charge in [0.1, 0.15) is 0 Å². The number of rotatable bonds is 3. The standard InChI is InChI=1S/C16H20N2O2/c1-12-15(8-10-20-12)16(19)18-11-14-6-4-13(5-7-14)3-2-9-17/h4-7,12,15H,8-11,17H2,1H3,(H,18,19). The van der Waals surface area contributed by atoms with E-state index in [4.69, 9.17) is 10.5 Å². The first-order chi connectivity index (χ1) is 9.70. The van der Waals surface area contributed by atoms with E-state index in [2.05, 4.69) is 17.2 Å². The third-order valence-electron chi connectivity index (χ3n) is 3.47. The lowest BCUT2D eigenvalue weighted by Gasteiger charge is -2.14. The van der Waals surface area contributed by atoms with Gasteiger partial charge in [-0.3, -0.25) is 4.79 Å². The Kier molecular flexibility index (Phi) is 5.16. The molecule has 0 radical (unpaired) electrons. The highest BCUT2D eigenvalue weighted by Gasteiger charge is 2.30. The summed E-state index contributed by atoms with van der Waals surface area (Å²) in [6.07, 6.45) is 0.824. The molecule has 2 unspecified atom stereocenters. The molecule has 0 aliphatic carbocycles. The first kappa shape index (κ1) is 14.6. The van der Waals surface area contributed by atoms with E-state index in [1.54, 1.807) is 0 Å². The average Bonchev–Trinajstić information content (AvgIpc) is 2.90. The van der Waals surface area contributed by atoms with Crippen LogP contribution in [0.1, 0.15) is 24.5 Å². The SMILES string of the molecule is CC1OCCC1C(=O)NCc1ccc(C#CCN)cc1. The van der Waals surface area contributed by atoms with Gasteiger partial charge < -0.3 is 15.8 Å². The van der Waals surface area contributed by atoms with Gasteiger partial charge in [0.05, 0.1) is 18.6 Å². The summed E-state index contributed by atoms with van der Waals surface area (Å²) in [6.45, 7) is 3.52. The summed E-state index contributed by atoms with van der Waals surface area (Å²) in [7, 11) is 0. The Morgan fingerprint density at radius 3 is 2.80 bits per heavy atom. The fourth-order valence-corrected chi connectivity index (χ4v) is 2.26. The van der Waals surface area contributed by atoms with Crippen LogP contribution in [0.4, 0.5) is 0 Å². The third-order valence-corrected chi connectivity index (χ3v) is 3.47. The molecule has 1 aromatic carbocycles. The van der Waals surface area contributed by atoms with Gasteiger partial charge in [-0.15, -0.1) is 0 Å². The topological polar surface area (TPSA) is 64.3 Å². The summed E-state index contributed by atoms with van der Waals surface area (Å²) in [5.41, 5.74) is 7.32. The molecule has 4 heteroatoms. The minimum atomic E-state index is -0.0234. The number of benzene rings is 1. The summed E-state index contributed by atoms with van der Waals surface area (Å²) in [4.78, 5) is 12.0. The molecule has 0 saturated carbocycles. The number of hydrogen-bond donors (Lipinski definition) is 2. The van der Waals surface area contributed by atoms with Gasteiger partial charge in [0.15, 0.2) is 0 Å². The van der Waals surface area contributed by atoms with Gasteiger partial charge in [-0.25, -0.2) is 0 Å². The van der Waals surface area contributed by atoms with Crippen molar-refractivity contribution < 1.29 is 9.53 Å². The molecule has 1 aliphatic heterocycles. The largest absolute Gasteiger partial charge is 0.378 e. The maximum Gasteiger partial charge on any atom is 0.226 e. The fraction of sp³-hybridized carbons (Fsp3) is 0.438. The predicted molar refractivity (Wildman–Crippen MR) is 77.7 cm³/mol. The molecule has 1 fully saturated rings. The Balaban J connectivity index is 1.86. The fourth-order valence-electron chi connectivity index (χ4n) is 2.26. The molecule has 2 rings (SSSR count). The van der Waals surface area contributed by atoms with Crippen molar-refractivity contribution in [3.05, 3.63) is 35.4 Å². The van der Waals surface area contributed by atoms with E-state index in [0.717, 1.165) is 17.5 Å². The van der Waals surface area contributed by atoms with Crippen molar-refractivity contribution >= 4 is 5.91 Å². The van der Waals surface area contributed by atoms with Crippen LogP contribution >= 0.6 is 0 Å². The molecular weight excluding hydrogens is 252 g/mol. The molecule has 106 valence electrons. The van der Waals surface area contributed by atoms with Crippen LogP contribution in [0.15, 0.2) is 24.3 Å². The highest BCUT2D eigenvalue weighted by Crippen LogP contribution is 2.20. The lowest BCUT2D eigenvalue weighted by atomic mass is 10.0. The maximum absolute atomic E-state index is 12.0. The Bertz CT molecular complexity index is 514. The van der Waals surface area contributed by atoms with Gasteiger partial charge in [-0.1, -0.05) is 24.0 Å². The van der Waals surface area contributed by atoms with E-state index in [1.807, 2.05) is 31.2 Å². The zero-order valence-electron chi connectivity index (χ0n) is 11.7. The minimum absolute atomic E-state index is 0.0175. The van der Waals surface area contributed by atoms with Crippen molar-refractivity contribution in [1.82, 2.24) is 5.32 Å². The Hall–Kier alpha value is -1.83. The van der Waals surface area contributed by atoms with Crippen LogP contribution in [-0.2, 0) is 16.1 Å². The van der Waals surface area contributed by atoms with Crippen LogP contribution in [0.5, 0.6) is 0 Å². The summed E-state index contributed by atoms with van der Waals surface area (Å²) in [5, 5.41) is 2.96. The molecule has 1 heterocycles. The highest BCUT2D eigenvalue weighted by molar-refractivity contribution is 5.79. The molecule has 1 aliphatic rings. The smallest absolute Gasteiger partial charge is 0.226 e. The van der Waals surface area contributed by atoms with Crippen LogP contribution < -0.4 is 11.1 Å². The quantitative estimate of drug-likeness (QED) is 0.808. The number of hydrogen-bond acceptors (Lipinski definition) is 3. The first-order valence-corrected chi connectivity index (χ1v) is 6.88. The molecule has 0 aromatic heterocycles. The summed E-state index contributed by atoms with van der Waals surface area (Å²) in [6, 6.07) is 7.81.